The van der Waals surface area contributed by atoms with Crippen LogP contribution < -0.4 is 0 Å². The third-order valence-electron chi connectivity index (χ3n) is 2.59. The lowest BCUT2D eigenvalue weighted by Gasteiger charge is -2.22. The molecule has 3 heteroatoms. The summed E-state index contributed by atoms with van der Waals surface area (Å²) in [6.45, 7) is 1.75. The summed E-state index contributed by atoms with van der Waals surface area (Å²) < 4.78 is 16.5. The molecular formula is C14H14O3. The smallest absolute Gasteiger partial charge is 0.233 e. The van der Waals surface area contributed by atoms with Crippen LogP contribution in [0.2, 0.25) is 0 Å². The zero-order valence-electron chi connectivity index (χ0n) is 9.95. The van der Waals surface area contributed by atoms with Gasteiger partial charge in [0.15, 0.2) is 6.29 Å². The van der Waals surface area contributed by atoms with Crippen molar-refractivity contribution in [1.29, 1.82) is 0 Å². The van der Waals surface area contributed by atoms with E-state index < -0.39 is 5.79 Å². The summed E-state index contributed by atoms with van der Waals surface area (Å²) in [4.78, 5) is 0. The fourth-order valence-electron chi connectivity index (χ4n) is 1.78. The lowest BCUT2D eigenvalue weighted by Crippen LogP contribution is -2.27. The lowest BCUT2D eigenvalue weighted by atomic mass is 10.2. The van der Waals surface area contributed by atoms with Gasteiger partial charge in [-0.15, -0.1) is 0 Å². The molecule has 1 fully saturated rings. The predicted molar refractivity (Wildman–Crippen MR) is 63.4 cm³/mol. The molecular weight excluding hydrogens is 216 g/mol. The second kappa shape index (κ2) is 5.10. The molecule has 2 atom stereocenters. The van der Waals surface area contributed by atoms with Gasteiger partial charge in [0.05, 0.1) is 0 Å². The molecule has 1 unspecified atom stereocenters. The molecule has 0 N–H and O–H groups in total. The van der Waals surface area contributed by atoms with Gasteiger partial charge in [0, 0.05) is 26.0 Å². The first-order valence-electron chi connectivity index (χ1n) is 5.49. The third kappa shape index (κ3) is 2.71. The van der Waals surface area contributed by atoms with Crippen molar-refractivity contribution in [2.45, 2.75) is 31.8 Å². The molecule has 2 rings (SSSR count). The second-order valence-electron chi connectivity index (χ2n) is 3.76. The van der Waals surface area contributed by atoms with Crippen LogP contribution in [0.3, 0.4) is 0 Å². The summed E-state index contributed by atoms with van der Waals surface area (Å²) in [5.74, 6) is 10.9. The molecule has 0 bridgehead atoms. The second-order valence-corrected chi connectivity index (χ2v) is 3.76. The van der Waals surface area contributed by atoms with E-state index in [1.165, 1.54) is 0 Å². The van der Waals surface area contributed by atoms with Crippen LogP contribution >= 0.6 is 0 Å². The van der Waals surface area contributed by atoms with Crippen LogP contribution in [-0.4, -0.2) is 19.2 Å². The monoisotopic (exact) mass is 230 g/mol. The maximum Gasteiger partial charge on any atom is 0.233 e. The fourth-order valence-corrected chi connectivity index (χ4v) is 1.78. The minimum atomic E-state index is -0.648. The average molecular weight is 230 g/mol. The Kier molecular flexibility index (Phi) is 3.54. The number of hydrogen-bond acceptors (Lipinski definition) is 3. The minimum absolute atomic E-state index is 0.184. The quantitative estimate of drug-likeness (QED) is 0.644. The molecule has 0 amide bonds. The Balaban J connectivity index is 1.99. The van der Waals surface area contributed by atoms with Crippen LogP contribution in [-0.2, 0) is 14.2 Å². The van der Waals surface area contributed by atoms with E-state index in [-0.39, 0.29) is 6.29 Å². The minimum Gasteiger partial charge on any atom is -0.458 e. The molecule has 0 aliphatic carbocycles. The maximum atomic E-state index is 5.72. The number of allylic oxidation sites excluding steroid dienone is 2. The summed E-state index contributed by atoms with van der Waals surface area (Å²) in [6, 6.07) is 0. The zero-order chi connectivity index (χ0) is 12.1. The highest BCUT2D eigenvalue weighted by Crippen LogP contribution is 2.38. The van der Waals surface area contributed by atoms with Crippen LogP contribution in [0, 0.1) is 23.7 Å². The van der Waals surface area contributed by atoms with Gasteiger partial charge in [0.25, 0.3) is 0 Å². The van der Waals surface area contributed by atoms with Crippen molar-refractivity contribution in [3.63, 3.8) is 0 Å². The average Bonchev–Trinajstić information content (AvgIpc) is 2.93. The van der Waals surface area contributed by atoms with Gasteiger partial charge < -0.3 is 14.2 Å². The molecule has 0 aromatic rings. The molecule has 1 spiro atoms. The first-order chi connectivity index (χ1) is 8.28. The predicted octanol–water partition coefficient (Wildman–Crippen LogP) is 1.96. The van der Waals surface area contributed by atoms with E-state index in [0.29, 0.717) is 5.76 Å². The van der Waals surface area contributed by atoms with Gasteiger partial charge in [-0.2, -0.15) is 0 Å². The highest BCUT2D eigenvalue weighted by Gasteiger charge is 2.43. The van der Waals surface area contributed by atoms with E-state index in [1.807, 2.05) is 12.2 Å². The first kappa shape index (κ1) is 11.8. The van der Waals surface area contributed by atoms with Gasteiger partial charge in [-0.25, -0.2) is 0 Å². The molecule has 3 nitrogen and oxygen atoms in total. The van der Waals surface area contributed by atoms with Crippen LogP contribution in [0.4, 0.5) is 0 Å². The van der Waals surface area contributed by atoms with Crippen molar-refractivity contribution in [2.75, 3.05) is 7.11 Å². The summed E-state index contributed by atoms with van der Waals surface area (Å²) in [6.07, 6.45) is 6.91. The highest BCUT2D eigenvalue weighted by atomic mass is 16.8. The normalized spacial score (nSPS) is 31.9. The molecule has 0 saturated carbocycles. The summed E-state index contributed by atoms with van der Waals surface area (Å²) >= 11 is 0. The van der Waals surface area contributed by atoms with Gasteiger partial charge in [-0.05, 0) is 30.9 Å². The lowest BCUT2D eigenvalue weighted by molar-refractivity contribution is -0.218. The van der Waals surface area contributed by atoms with Crippen molar-refractivity contribution in [2.24, 2.45) is 0 Å². The van der Waals surface area contributed by atoms with E-state index in [1.54, 1.807) is 20.1 Å². The molecule has 2 aliphatic rings. The van der Waals surface area contributed by atoms with Gasteiger partial charge in [0.2, 0.25) is 5.79 Å². The summed E-state index contributed by atoms with van der Waals surface area (Å²) in [5.41, 5.74) is 0. The van der Waals surface area contributed by atoms with Crippen molar-refractivity contribution in [1.82, 2.24) is 0 Å². The van der Waals surface area contributed by atoms with E-state index in [4.69, 9.17) is 14.2 Å². The Morgan fingerprint density at radius 3 is 3.12 bits per heavy atom. The van der Waals surface area contributed by atoms with E-state index >= 15 is 0 Å². The first-order valence-corrected chi connectivity index (χ1v) is 5.49. The number of hydrogen-bond donors (Lipinski definition) is 0. The standard InChI is InChI=1S/C14H14O3/c1-3-4-5-6-7-12-8-10-14(16-12)11-9-13(15-2)17-14/h7-8,10,13H,9,11H2,1-2H3/b12-7+/t13?,14-/m1/s1. The van der Waals surface area contributed by atoms with Crippen LogP contribution in [0.1, 0.15) is 19.8 Å². The van der Waals surface area contributed by atoms with Crippen LogP contribution in [0.25, 0.3) is 0 Å². The van der Waals surface area contributed by atoms with Crippen molar-refractivity contribution < 1.29 is 14.2 Å². The summed E-state index contributed by atoms with van der Waals surface area (Å²) in [7, 11) is 1.63. The SMILES string of the molecule is CC#CC#C/C=C1\C=C[C@@]2(CCC(OC)O2)O1. The zero-order valence-corrected chi connectivity index (χ0v) is 9.95. The Morgan fingerprint density at radius 1 is 1.53 bits per heavy atom. The summed E-state index contributed by atoms with van der Waals surface area (Å²) in [5, 5.41) is 0. The number of rotatable bonds is 1. The Hall–Kier alpha value is -1.68. The molecule has 17 heavy (non-hydrogen) atoms. The molecule has 0 aromatic carbocycles. The van der Waals surface area contributed by atoms with Crippen LogP contribution in [0.5, 0.6) is 0 Å². The third-order valence-corrected chi connectivity index (χ3v) is 2.59. The number of ether oxygens (including phenoxy) is 3. The van der Waals surface area contributed by atoms with Crippen molar-refractivity contribution >= 4 is 0 Å². The maximum absolute atomic E-state index is 5.72. The fraction of sp³-hybridized carbons (Fsp3) is 0.429. The van der Waals surface area contributed by atoms with Crippen molar-refractivity contribution in [3.05, 3.63) is 24.0 Å². The largest absolute Gasteiger partial charge is 0.458 e. The number of methoxy groups -OCH3 is 1. The van der Waals surface area contributed by atoms with E-state index in [9.17, 15) is 0 Å². The molecule has 88 valence electrons. The molecule has 2 aliphatic heterocycles. The van der Waals surface area contributed by atoms with Gasteiger partial charge >= 0.3 is 0 Å². The Bertz CT molecular complexity index is 467. The van der Waals surface area contributed by atoms with E-state index in [0.717, 1.165) is 12.8 Å². The molecule has 0 aromatic heterocycles. The Labute approximate surface area is 101 Å². The molecule has 0 radical (unpaired) electrons. The van der Waals surface area contributed by atoms with Crippen LogP contribution in [0.15, 0.2) is 24.0 Å². The van der Waals surface area contributed by atoms with Gasteiger partial charge in [-0.3, -0.25) is 0 Å². The van der Waals surface area contributed by atoms with Crippen molar-refractivity contribution in [3.8, 4) is 23.7 Å². The van der Waals surface area contributed by atoms with Gasteiger partial charge in [0.1, 0.15) is 5.76 Å². The molecule has 1 saturated heterocycles. The topological polar surface area (TPSA) is 27.7 Å². The molecule has 2 heterocycles. The van der Waals surface area contributed by atoms with E-state index in [2.05, 4.69) is 23.7 Å². The van der Waals surface area contributed by atoms with Gasteiger partial charge in [-0.1, -0.05) is 11.8 Å². The highest BCUT2D eigenvalue weighted by molar-refractivity contribution is 5.35. The Morgan fingerprint density at radius 2 is 2.41 bits per heavy atom.